The molecule has 0 heterocycles. The van der Waals surface area contributed by atoms with Crippen LogP contribution in [0.4, 0.5) is 8.78 Å². The first-order chi connectivity index (χ1) is 9.56. The Labute approximate surface area is 124 Å². The van der Waals surface area contributed by atoms with Crippen molar-refractivity contribution in [3.63, 3.8) is 0 Å². The van der Waals surface area contributed by atoms with Crippen LogP contribution in [0, 0.1) is 17.3 Å². The molecular formula is C16H22F2O3. The molecule has 0 bridgehead atoms. The van der Waals surface area contributed by atoms with E-state index in [4.69, 9.17) is 5.11 Å². The van der Waals surface area contributed by atoms with E-state index in [1.165, 1.54) is 13.0 Å². The molecule has 1 aliphatic rings. The molecule has 2 unspecified atom stereocenters. The molecule has 0 aliphatic heterocycles. The van der Waals surface area contributed by atoms with Gasteiger partial charge >= 0.3 is 0 Å². The van der Waals surface area contributed by atoms with E-state index >= 15 is 0 Å². The molecular weight excluding hydrogens is 278 g/mol. The van der Waals surface area contributed by atoms with Crippen LogP contribution >= 0.6 is 0 Å². The highest BCUT2D eigenvalue weighted by Gasteiger charge is 2.51. The van der Waals surface area contributed by atoms with Gasteiger partial charge in [0.25, 0.3) is 6.43 Å². The highest BCUT2D eigenvalue weighted by Crippen LogP contribution is 2.47. The van der Waals surface area contributed by atoms with Gasteiger partial charge in [-0.2, -0.15) is 0 Å². The molecule has 0 amide bonds. The molecule has 3 nitrogen and oxygen atoms in total. The lowest BCUT2D eigenvalue weighted by atomic mass is 9.62. The van der Waals surface area contributed by atoms with Gasteiger partial charge in [-0.1, -0.05) is 25.7 Å². The SMILES string of the molecule is CC1=C(C(F)F)C(O)CC(C)(C)C1(O)C#C/C(C)=C\CO. The standard InChI is InChI=1S/C16H22F2O3/c1-10(6-8-19)5-7-16(21)11(2)13(14(17)18)12(20)9-15(16,3)4/h6,12,14,19-21H,8-9H2,1-4H3/b10-6-. The zero-order chi connectivity index (χ0) is 16.4. The van der Waals surface area contributed by atoms with E-state index in [1.807, 2.05) is 0 Å². The lowest BCUT2D eigenvalue weighted by Gasteiger charge is -2.46. The zero-order valence-corrected chi connectivity index (χ0v) is 12.7. The normalized spacial score (nSPS) is 29.4. The maximum absolute atomic E-state index is 13.1. The summed E-state index contributed by atoms with van der Waals surface area (Å²) >= 11 is 0. The number of alkyl halides is 2. The van der Waals surface area contributed by atoms with Crippen molar-refractivity contribution < 1.29 is 24.1 Å². The van der Waals surface area contributed by atoms with Gasteiger partial charge in [-0.25, -0.2) is 8.78 Å². The minimum Gasteiger partial charge on any atom is -0.392 e. The van der Waals surface area contributed by atoms with Crippen molar-refractivity contribution in [1.82, 2.24) is 0 Å². The number of halogens is 2. The highest BCUT2D eigenvalue weighted by molar-refractivity contribution is 5.44. The Morgan fingerprint density at radius 2 is 2.05 bits per heavy atom. The predicted octanol–water partition coefficient (Wildman–Crippen LogP) is 2.03. The average molecular weight is 300 g/mol. The van der Waals surface area contributed by atoms with Crippen LogP contribution < -0.4 is 0 Å². The van der Waals surface area contributed by atoms with Crippen molar-refractivity contribution in [2.75, 3.05) is 6.61 Å². The predicted molar refractivity (Wildman–Crippen MR) is 76.7 cm³/mol. The summed E-state index contributed by atoms with van der Waals surface area (Å²) in [7, 11) is 0. The van der Waals surface area contributed by atoms with Crippen LogP contribution in [0.25, 0.3) is 0 Å². The summed E-state index contributed by atoms with van der Waals surface area (Å²) in [5, 5.41) is 29.5. The summed E-state index contributed by atoms with van der Waals surface area (Å²) in [6.45, 7) is 6.22. The smallest absolute Gasteiger partial charge is 0.262 e. The fourth-order valence-electron chi connectivity index (χ4n) is 2.66. The number of rotatable bonds is 2. The van der Waals surface area contributed by atoms with Crippen molar-refractivity contribution in [3.8, 4) is 11.8 Å². The molecule has 5 heteroatoms. The van der Waals surface area contributed by atoms with E-state index in [-0.39, 0.29) is 18.6 Å². The van der Waals surface area contributed by atoms with Crippen LogP contribution in [0.1, 0.15) is 34.1 Å². The number of hydrogen-bond acceptors (Lipinski definition) is 3. The van der Waals surface area contributed by atoms with E-state index in [0.717, 1.165) is 0 Å². The Morgan fingerprint density at radius 1 is 1.48 bits per heavy atom. The first-order valence-corrected chi connectivity index (χ1v) is 6.77. The highest BCUT2D eigenvalue weighted by atomic mass is 19.3. The summed E-state index contributed by atoms with van der Waals surface area (Å²) in [6.07, 6.45) is -2.65. The Kier molecular flexibility index (Phi) is 5.32. The van der Waals surface area contributed by atoms with Crippen LogP contribution in [-0.4, -0.2) is 40.1 Å². The minimum atomic E-state index is -2.83. The first-order valence-electron chi connectivity index (χ1n) is 6.77. The molecule has 21 heavy (non-hydrogen) atoms. The third-order valence-electron chi connectivity index (χ3n) is 4.09. The Hall–Kier alpha value is -1.22. The van der Waals surface area contributed by atoms with Crippen molar-refractivity contribution >= 4 is 0 Å². The van der Waals surface area contributed by atoms with Gasteiger partial charge in [0, 0.05) is 11.0 Å². The monoisotopic (exact) mass is 300 g/mol. The third-order valence-corrected chi connectivity index (χ3v) is 4.09. The van der Waals surface area contributed by atoms with Gasteiger partial charge in [-0.15, -0.1) is 0 Å². The van der Waals surface area contributed by atoms with Crippen LogP contribution in [0.15, 0.2) is 22.8 Å². The summed E-state index contributed by atoms with van der Waals surface area (Å²) in [5.74, 6) is 5.35. The topological polar surface area (TPSA) is 60.7 Å². The number of hydrogen-bond donors (Lipinski definition) is 3. The summed E-state index contributed by atoms with van der Waals surface area (Å²) in [6, 6.07) is 0. The molecule has 0 fully saturated rings. The molecule has 0 aromatic carbocycles. The summed E-state index contributed by atoms with van der Waals surface area (Å²) < 4.78 is 26.2. The molecule has 118 valence electrons. The van der Waals surface area contributed by atoms with E-state index < -0.39 is 29.1 Å². The molecule has 0 spiro atoms. The van der Waals surface area contributed by atoms with E-state index in [0.29, 0.717) is 5.57 Å². The molecule has 0 aromatic rings. The fourth-order valence-corrected chi connectivity index (χ4v) is 2.66. The zero-order valence-electron chi connectivity index (χ0n) is 12.7. The molecule has 3 N–H and O–H groups in total. The van der Waals surface area contributed by atoms with Gasteiger partial charge in [0.15, 0.2) is 5.60 Å². The van der Waals surface area contributed by atoms with Gasteiger partial charge in [0.05, 0.1) is 12.7 Å². The van der Waals surface area contributed by atoms with Crippen molar-refractivity contribution in [1.29, 1.82) is 0 Å². The van der Waals surface area contributed by atoms with Crippen LogP contribution in [0.3, 0.4) is 0 Å². The maximum atomic E-state index is 13.1. The molecule has 0 aromatic heterocycles. The molecule has 0 radical (unpaired) electrons. The van der Waals surface area contributed by atoms with Crippen LogP contribution in [0.2, 0.25) is 0 Å². The van der Waals surface area contributed by atoms with Gasteiger partial charge in [-0.3, -0.25) is 0 Å². The van der Waals surface area contributed by atoms with Crippen molar-refractivity contribution in [2.24, 2.45) is 5.41 Å². The second kappa shape index (κ2) is 6.27. The largest absolute Gasteiger partial charge is 0.392 e. The second-order valence-electron chi connectivity index (χ2n) is 6.01. The quantitative estimate of drug-likeness (QED) is 0.540. The Balaban J connectivity index is 3.43. The van der Waals surface area contributed by atoms with Crippen LogP contribution in [0.5, 0.6) is 0 Å². The lowest BCUT2D eigenvalue weighted by molar-refractivity contribution is -0.0363. The molecule has 1 aliphatic carbocycles. The average Bonchev–Trinajstić information content (AvgIpc) is 2.33. The molecule has 0 saturated heterocycles. The number of aliphatic hydroxyl groups is 3. The Bertz CT molecular complexity index is 523. The number of allylic oxidation sites excluding steroid dienone is 1. The maximum Gasteiger partial charge on any atom is 0.262 e. The lowest BCUT2D eigenvalue weighted by Crippen LogP contribution is -2.51. The van der Waals surface area contributed by atoms with E-state index in [1.54, 1.807) is 20.8 Å². The van der Waals surface area contributed by atoms with Crippen molar-refractivity contribution in [3.05, 3.63) is 22.8 Å². The molecule has 1 rings (SSSR count). The van der Waals surface area contributed by atoms with Crippen LogP contribution in [-0.2, 0) is 0 Å². The van der Waals surface area contributed by atoms with Gasteiger partial charge in [0.2, 0.25) is 0 Å². The third kappa shape index (κ3) is 3.34. The molecule has 0 saturated carbocycles. The van der Waals surface area contributed by atoms with Gasteiger partial charge in [0.1, 0.15) is 0 Å². The summed E-state index contributed by atoms with van der Waals surface area (Å²) in [4.78, 5) is 0. The molecule has 2 atom stereocenters. The van der Waals surface area contributed by atoms with E-state index in [2.05, 4.69) is 11.8 Å². The fraction of sp³-hybridized carbons (Fsp3) is 0.625. The summed E-state index contributed by atoms with van der Waals surface area (Å²) in [5.41, 5.74) is -2.52. The van der Waals surface area contributed by atoms with Gasteiger partial charge in [-0.05, 0) is 37.5 Å². The number of aliphatic hydroxyl groups excluding tert-OH is 2. The van der Waals surface area contributed by atoms with Gasteiger partial charge < -0.3 is 15.3 Å². The second-order valence-corrected chi connectivity index (χ2v) is 6.01. The minimum absolute atomic E-state index is 0.00203. The van der Waals surface area contributed by atoms with Crippen molar-refractivity contribution in [2.45, 2.75) is 52.2 Å². The first kappa shape index (κ1) is 17.8. The Morgan fingerprint density at radius 3 is 2.52 bits per heavy atom. The van der Waals surface area contributed by atoms with E-state index in [9.17, 15) is 19.0 Å².